The summed E-state index contributed by atoms with van der Waals surface area (Å²) < 4.78 is 27.2. The molecular weight excluding hydrogens is 431 g/mol. The number of methoxy groups -OCH3 is 5. The number of rotatable bonds is 10. The van der Waals surface area contributed by atoms with Crippen molar-refractivity contribution in [3.05, 3.63) is 41.5 Å². The van der Waals surface area contributed by atoms with Crippen molar-refractivity contribution in [1.29, 1.82) is 0 Å². The number of hydrogen-bond acceptors (Lipinski definition) is 7. The van der Waals surface area contributed by atoms with Crippen molar-refractivity contribution in [2.75, 3.05) is 35.5 Å². The summed E-state index contributed by atoms with van der Waals surface area (Å²) in [5.74, 6) is 1.91. The molecule has 1 aliphatic carbocycles. The molecule has 1 aliphatic rings. The molecule has 0 radical (unpaired) electrons. The van der Waals surface area contributed by atoms with Gasteiger partial charge in [-0.1, -0.05) is 18.9 Å². The van der Waals surface area contributed by atoms with Crippen LogP contribution in [0.15, 0.2) is 30.3 Å². The summed E-state index contributed by atoms with van der Waals surface area (Å²) in [7, 11) is 5.71. The summed E-state index contributed by atoms with van der Waals surface area (Å²) in [5.41, 5.74) is -0.00481. The number of carbonyl (C=O) groups is 2. The van der Waals surface area contributed by atoms with Gasteiger partial charge in [-0.25, -0.2) is 0 Å². The molecule has 1 atom stereocenters. The van der Waals surface area contributed by atoms with Gasteiger partial charge >= 0.3 is 0 Å². The van der Waals surface area contributed by atoms with Gasteiger partial charge in [0.2, 0.25) is 0 Å². The van der Waals surface area contributed by atoms with E-state index in [1.165, 1.54) is 35.5 Å². The molecule has 1 saturated carbocycles. The van der Waals surface area contributed by atoms with Crippen LogP contribution in [0.3, 0.4) is 0 Å². The summed E-state index contributed by atoms with van der Waals surface area (Å²) >= 11 is 0. The van der Waals surface area contributed by atoms with Crippen molar-refractivity contribution in [2.24, 2.45) is 0 Å². The normalized spacial score (nSPS) is 14.5. The van der Waals surface area contributed by atoms with Crippen LogP contribution in [0.2, 0.25) is 0 Å². The first-order valence-electron chi connectivity index (χ1n) is 10.4. The smallest absolute Gasteiger partial charge is 0.199 e. The van der Waals surface area contributed by atoms with E-state index >= 15 is 0 Å². The van der Waals surface area contributed by atoms with Gasteiger partial charge < -0.3 is 23.7 Å². The van der Waals surface area contributed by atoms with E-state index in [4.69, 9.17) is 23.7 Å². The van der Waals surface area contributed by atoms with Crippen LogP contribution in [0.5, 0.6) is 28.7 Å². The summed E-state index contributed by atoms with van der Waals surface area (Å²) in [6.45, 7) is 0. The Kier molecular flexibility index (Phi) is 7.97. The highest BCUT2D eigenvalue weighted by molar-refractivity contribution is 7.90. The van der Waals surface area contributed by atoms with Gasteiger partial charge in [0.1, 0.15) is 39.9 Å². The predicted octanol–water partition coefficient (Wildman–Crippen LogP) is 5.13. The van der Waals surface area contributed by atoms with Crippen LogP contribution in [0.4, 0.5) is 0 Å². The Morgan fingerprint density at radius 1 is 0.719 bits per heavy atom. The van der Waals surface area contributed by atoms with Crippen LogP contribution in [0, 0.1) is 0 Å². The summed E-state index contributed by atoms with van der Waals surface area (Å²) in [5, 5.41) is 0. The number of carbonyl (C=O) groups excluding carboxylic acids is 2. The van der Waals surface area contributed by atoms with Crippen LogP contribution in [0.25, 0.3) is 0 Å². The lowest BCUT2D eigenvalue weighted by atomic mass is 10.2. The molecule has 172 valence electrons. The maximum absolute atomic E-state index is 14.0. The number of ether oxygens (including phenoxy) is 5. The fourth-order valence-electron chi connectivity index (χ4n) is 4.11. The second kappa shape index (κ2) is 10.7. The molecule has 0 spiro atoms. The highest BCUT2D eigenvalue weighted by Crippen LogP contribution is 2.57. The molecule has 0 bridgehead atoms. The van der Waals surface area contributed by atoms with Gasteiger partial charge in [-0.2, -0.15) is 0 Å². The Hall–Kier alpha value is -2.79. The molecule has 2 aromatic carbocycles. The topological polar surface area (TPSA) is 80.3 Å². The van der Waals surface area contributed by atoms with Crippen LogP contribution in [-0.2, 0) is 0 Å². The molecule has 1 unspecified atom stereocenters. The van der Waals surface area contributed by atoms with E-state index in [2.05, 4.69) is 0 Å². The van der Waals surface area contributed by atoms with E-state index in [1.54, 1.807) is 30.3 Å². The first-order valence-corrected chi connectivity index (χ1v) is 11.8. The summed E-state index contributed by atoms with van der Waals surface area (Å²) in [4.78, 5) is 28.0. The SMILES string of the molecule is COc1cc(OC)c(C(=O)P(C(=O)c2c(OC)cccc2OC)C2CCCC2)c(OC)c1. The zero-order chi connectivity index (χ0) is 23.3. The van der Waals surface area contributed by atoms with E-state index < -0.39 is 7.92 Å². The third-order valence-corrected chi connectivity index (χ3v) is 8.27. The van der Waals surface area contributed by atoms with Crippen molar-refractivity contribution in [3.8, 4) is 28.7 Å². The summed E-state index contributed by atoms with van der Waals surface area (Å²) in [6.07, 6.45) is 3.62. The lowest BCUT2D eigenvalue weighted by molar-refractivity contribution is 0.104. The zero-order valence-electron chi connectivity index (χ0n) is 19.1. The van der Waals surface area contributed by atoms with Gasteiger partial charge in [-0.15, -0.1) is 0 Å². The van der Waals surface area contributed by atoms with Crippen molar-refractivity contribution in [2.45, 2.75) is 31.3 Å². The molecule has 0 aromatic heterocycles. The first kappa shape index (κ1) is 23.9. The number of benzene rings is 2. The quantitative estimate of drug-likeness (QED) is 0.455. The van der Waals surface area contributed by atoms with Crippen molar-refractivity contribution >= 4 is 19.0 Å². The minimum absolute atomic E-state index is 0.0314. The third-order valence-electron chi connectivity index (χ3n) is 5.70. The molecule has 3 rings (SSSR count). The molecule has 2 aromatic rings. The first-order chi connectivity index (χ1) is 15.5. The number of hydrogen-bond donors (Lipinski definition) is 0. The molecular formula is C24H29O7P. The largest absolute Gasteiger partial charge is 0.496 e. The fourth-order valence-corrected chi connectivity index (χ4v) is 6.76. The summed E-state index contributed by atoms with van der Waals surface area (Å²) in [6, 6.07) is 8.43. The fraction of sp³-hybridized carbons (Fsp3) is 0.417. The lowest BCUT2D eigenvalue weighted by Crippen LogP contribution is -2.18. The van der Waals surface area contributed by atoms with Crippen molar-refractivity contribution in [3.63, 3.8) is 0 Å². The monoisotopic (exact) mass is 460 g/mol. The van der Waals surface area contributed by atoms with Crippen LogP contribution >= 0.6 is 7.92 Å². The average molecular weight is 460 g/mol. The minimum Gasteiger partial charge on any atom is -0.496 e. The zero-order valence-corrected chi connectivity index (χ0v) is 20.0. The molecule has 0 heterocycles. The molecule has 1 fully saturated rings. The van der Waals surface area contributed by atoms with Crippen LogP contribution in [0.1, 0.15) is 46.4 Å². The Labute approximate surface area is 189 Å². The van der Waals surface area contributed by atoms with Gasteiger partial charge in [0.25, 0.3) is 0 Å². The van der Waals surface area contributed by atoms with Crippen LogP contribution in [-0.4, -0.2) is 52.3 Å². The van der Waals surface area contributed by atoms with E-state index in [1.807, 2.05) is 0 Å². The average Bonchev–Trinajstić information content (AvgIpc) is 3.36. The molecule has 0 saturated heterocycles. The molecule has 32 heavy (non-hydrogen) atoms. The lowest BCUT2D eigenvalue weighted by Gasteiger charge is -2.25. The Morgan fingerprint density at radius 2 is 1.16 bits per heavy atom. The maximum atomic E-state index is 14.0. The van der Waals surface area contributed by atoms with Gasteiger partial charge in [-0.3, -0.25) is 9.59 Å². The Morgan fingerprint density at radius 3 is 1.56 bits per heavy atom. The van der Waals surface area contributed by atoms with Crippen molar-refractivity contribution in [1.82, 2.24) is 0 Å². The molecule has 0 aliphatic heterocycles. The molecule has 8 heteroatoms. The molecule has 0 amide bonds. The van der Waals surface area contributed by atoms with E-state index in [0.717, 1.165) is 25.7 Å². The van der Waals surface area contributed by atoms with Gasteiger partial charge in [-0.05, 0) is 30.6 Å². The van der Waals surface area contributed by atoms with Gasteiger partial charge in [0.15, 0.2) is 11.0 Å². The molecule has 7 nitrogen and oxygen atoms in total. The molecule has 0 N–H and O–H groups in total. The van der Waals surface area contributed by atoms with E-state index in [9.17, 15) is 9.59 Å². The van der Waals surface area contributed by atoms with Gasteiger partial charge in [0.05, 0.1) is 35.5 Å². The second-order valence-electron chi connectivity index (χ2n) is 7.36. The second-order valence-corrected chi connectivity index (χ2v) is 9.65. The predicted molar refractivity (Wildman–Crippen MR) is 123 cm³/mol. The standard InChI is InChI=1S/C24H29O7P/c1-27-15-13-19(30-4)22(20(14-15)31-5)24(26)32(16-9-6-7-10-16)23(25)21-17(28-2)11-8-12-18(21)29-3/h8,11-14,16H,6-7,9-10H2,1-5H3. The Balaban J connectivity index is 2.17. The van der Waals surface area contributed by atoms with Gasteiger partial charge in [0, 0.05) is 20.1 Å². The van der Waals surface area contributed by atoms with Crippen LogP contribution < -0.4 is 23.7 Å². The third kappa shape index (κ3) is 4.53. The Bertz CT molecular complexity index is 935. The van der Waals surface area contributed by atoms with Crippen molar-refractivity contribution < 1.29 is 33.3 Å². The highest BCUT2D eigenvalue weighted by Gasteiger charge is 2.41. The minimum atomic E-state index is -1.78. The highest BCUT2D eigenvalue weighted by atomic mass is 31.1. The van der Waals surface area contributed by atoms with E-state index in [-0.39, 0.29) is 22.3 Å². The van der Waals surface area contributed by atoms with E-state index in [0.29, 0.717) is 34.3 Å². The maximum Gasteiger partial charge on any atom is 0.199 e.